The van der Waals surface area contributed by atoms with Crippen LogP contribution in [-0.4, -0.2) is 57.5 Å². The normalized spacial score (nSPS) is 19.4. The number of aliphatic carboxylic acids is 1. The first kappa shape index (κ1) is 26.8. The van der Waals surface area contributed by atoms with Crippen LogP contribution in [0.4, 0.5) is 17.6 Å². The summed E-state index contributed by atoms with van der Waals surface area (Å²) in [5, 5.41) is 18.6. The Labute approximate surface area is 191 Å². The predicted molar refractivity (Wildman–Crippen MR) is 115 cm³/mol. The van der Waals surface area contributed by atoms with Gasteiger partial charge in [-0.15, -0.1) is 0 Å². The second-order valence-corrected chi connectivity index (χ2v) is 8.46. The molecule has 1 aliphatic rings. The first-order valence-electron chi connectivity index (χ1n) is 11.2. The van der Waals surface area contributed by atoms with Crippen molar-refractivity contribution in [1.82, 2.24) is 4.90 Å². The van der Waals surface area contributed by atoms with Crippen LogP contribution in [0.25, 0.3) is 0 Å². The van der Waals surface area contributed by atoms with E-state index in [9.17, 15) is 32.3 Å². The smallest absolute Gasteiger partial charge is 0.327 e. The lowest BCUT2D eigenvalue weighted by Gasteiger charge is -2.23. The monoisotopic (exact) mass is 473 g/mol. The number of alkyl halides is 4. The van der Waals surface area contributed by atoms with Crippen LogP contribution in [0.3, 0.4) is 0 Å². The zero-order valence-corrected chi connectivity index (χ0v) is 18.4. The van der Waals surface area contributed by atoms with Crippen LogP contribution in [0.1, 0.15) is 56.9 Å². The SMILES string of the molecule is O=C(O)CCCCCCN1C(=O)C(F)(F)C[C@@H]1/C=C/[C@@H](O)C(F)(F)CCCc1ccccc1. The minimum atomic E-state index is -3.58. The molecule has 2 rings (SSSR count). The Morgan fingerprint density at radius 2 is 1.82 bits per heavy atom. The molecule has 1 amide bonds. The third kappa shape index (κ3) is 8.46. The summed E-state index contributed by atoms with van der Waals surface area (Å²) in [5.41, 5.74) is 0.906. The fourth-order valence-electron chi connectivity index (χ4n) is 3.87. The number of halogens is 4. The number of aryl methyl sites for hydroxylation is 1. The molecule has 0 aromatic heterocycles. The summed E-state index contributed by atoms with van der Waals surface area (Å²) in [4.78, 5) is 23.5. The summed E-state index contributed by atoms with van der Waals surface area (Å²) < 4.78 is 56.5. The van der Waals surface area contributed by atoms with Crippen molar-refractivity contribution in [3.05, 3.63) is 48.0 Å². The molecule has 0 bridgehead atoms. The van der Waals surface area contributed by atoms with Gasteiger partial charge in [0.2, 0.25) is 0 Å². The van der Waals surface area contributed by atoms with Crippen molar-refractivity contribution in [2.24, 2.45) is 0 Å². The molecule has 33 heavy (non-hydrogen) atoms. The molecule has 2 N–H and O–H groups in total. The second kappa shape index (κ2) is 12.2. The molecule has 184 valence electrons. The van der Waals surface area contributed by atoms with E-state index in [1.54, 1.807) is 0 Å². The number of carboxylic acid groups (broad SMARTS) is 1. The number of likely N-dealkylation sites (tertiary alicyclic amines) is 1. The van der Waals surface area contributed by atoms with Gasteiger partial charge in [0.15, 0.2) is 0 Å². The zero-order valence-electron chi connectivity index (χ0n) is 18.4. The van der Waals surface area contributed by atoms with E-state index >= 15 is 0 Å². The van der Waals surface area contributed by atoms with Crippen molar-refractivity contribution in [1.29, 1.82) is 0 Å². The Kier molecular flexibility index (Phi) is 9.88. The molecule has 0 aliphatic carbocycles. The van der Waals surface area contributed by atoms with Gasteiger partial charge in [0.05, 0.1) is 6.04 Å². The van der Waals surface area contributed by atoms with Crippen LogP contribution in [0, 0.1) is 0 Å². The lowest BCUT2D eigenvalue weighted by molar-refractivity contribution is -0.148. The Hall–Kier alpha value is -2.42. The van der Waals surface area contributed by atoms with Gasteiger partial charge >= 0.3 is 11.9 Å². The van der Waals surface area contributed by atoms with Gasteiger partial charge in [0.1, 0.15) is 6.10 Å². The van der Waals surface area contributed by atoms with E-state index in [4.69, 9.17) is 5.11 Å². The molecule has 1 aromatic rings. The van der Waals surface area contributed by atoms with Crippen LogP contribution in [0.5, 0.6) is 0 Å². The highest BCUT2D eigenvalue weighted by molar-refractivity contribution is 5.86. The van der Waals surface area contributed by atoms with Crippen molar-refractivity contribution in [3.63, 3.8) is 0 Å². The van der Waals surface area contributed by atoms with Gasteiger partial charge in [-0.3, -0.25) is 9.59 Å². The zero-order chi connectivity index (χ0) is 24.5. The lowest BCUT2D eigenvalue weighted by Crippen LogP contribution is -2.37. The highest BCUT2D eigenvalue weighted by atomic mass is 19.3. The summed E-state index contributed by atoms with van der Waals surface area (Å²) in [6.45, 7) is 0.0140. The molecular weight excluding hydrogens is 442 g/mol. The molecular formula is C24H31F4NO4. The van der Waals surface area contributed by atoms with Gasteiger partial charge in [-0.1, -0.05) is 55.3 Å². The number of benzene rings is 1. The van der Waals surface area contributed by atoms with Gasteiger partial charge in [-0.2, -0.15) is 8.78 Å². The molecule has 0 saturated carbocycles. The Balaban J connectivity index is 1.87. The molecule has 1 saturated heterocycles. The Bertz CT molecular complexity index is 801. The average molecular weight is 474 g/mol. The van der Waals surface area contributed by atoms with E-state index in [0.29, 0.717) is 32.1 Å². The Morgan fingerprint density at radius 1 is 1.15 bits per heavy atom. The second-order valence-electron chi connectivity index (χ2n) is 8.46. The van der Waals surface area contributed by atoms with Crippen LogP contribution in [0.2, 0.25) is 0 Å². The largest absolute Gasteiger partial charge is 0.481 e. The van der Waals surface area contributed by atoms with E-state index in [2.05, 4.69) is 0 Å². The highest BCUT2D eigenvalue weighted by Crippen LogP contribution is 2.35. The third-order valence-electron chi connectivity index (χ3n) is 5.75. The number of rotatable bonds is 14. The summed E-state index contributed by atoms with van der Waals surface area (Å²) in [5.74, 6) is -9.27. The number of hydrogen-bond acceptors (Lipinski definition) is 3. The minimum Gasteiger partial charge on any atom is -0.481 e. The third-order valence-corrected chi connectivity index (χ3v) is 5.75. The Morgan fingerprint density at radius 3 is 2.48 bits per heavy atom. The molecule has 0 spiro atoms. The van der Waals surface area contributed by atoms with E-state index in [1.807, 2.05) is 30.3 Å². The summed E-state index contributed by atoms with van der Waals surface area (Å²) in [7, 11) is 0. The van der Waals surface area contributed by atoms with Crippen LogP contribution in [-0.2, 0) is 16.0 Å². The number of carbonyl (C=O) groups excluding carboxylic acids is 1. The van der Waals surface area contributed by atoms with Crippen LogP contribution in [0.15, 0.2) is 42.5 Å². The van der Waals surface area contributed by atoms with Gasteiger partial charge in [0, 0.05) is 25.8 Å². The lowest BCUT2D eigenvalue weighted by atomic mass is 10.0. The van der Waals surface area contributed by atoms with Gasteiger partial charge in [-0.05, 0) is 31.2 Å². The van der Waals surface area contributed by atoms with Crippen molar-refractivity contribution in [3.8, 4) is 0 Å². The standard InChI is InChI=1S/C24H31F4NO4/c25-23(26,15-8-11-18-9-4-3-5-10-18)20(30)14-13-19-17-24(27,28)22(33)29(19)16-7-2-1-6-12-21(31)32/h3-5,9-10,13-14,19-20,30H,1-2,6-8,11-12,15-17H2,(H,31,32)/b14-13+/t19-,20+/m0/s1. The molecule has 1 fully saturated rings. The maximum Gasteiger partial charge on any atom is 0.327 e. The molecule has 5 nitrogen and oxygen atoms in total. The number of aliphatic hydroxyl groups is 1. The molecule has 1 heterocycles. The average Bonchev–Trinajstić information content (AvgIpc) is 2.97. The minimum absolute atomic E-state index is 0.0140. The maximum absolute atomic E-state index is 14.3. The van der Waals surface area contributed by atoms with Crippen LogP contribution >= 0.6 is 0 Å². The van der Waals surface area contributed by atoms with Crippen molar-refractivity contribution in [2.45, 2.75) is 81.8 Å². The van der Waals surface area contributed by atoms with Gasteiger partial charge < -0.3 is 15.1 Å². The van der Waals surface area contributed by atoms with Crippen LogP contribution < -0.4 is 0 Å². The first-order chi connectivity index (χ1) is 15.5. The topological polar surface area (TPSA) is 77.8 Å². The maximum atomic E-state index is 14.3. The molecule has 1 aromatic carbocycles. The van der Waals surface area contributed by atoms with Gasteiger partial charge in [0.25, 0.3) is 11.8 Å². The summed E-state index contributed by atoms with van der Waals surface area (Å²) in [6, 6.07) is 8.02. The van der Waals surface area contributed by atoms with Crippen molar-refractivity contribution >= 4 is 11.9 Å². The molecule has 0 radical (unpaired) electrons. The number of carboxylic acids is 1. The number of nitrogens with zero attached hydrogens (tertiary/aromatic N) is 1. The highest BCUT2D eigenvalue weighted by Gasteiger charge is 2.52. The van der Waals surface area contributed by atoms with Crippen molar-refractivity contribution < 1.29 is 37.4 Å². The molecule has 1 aliphatic heterocycles. The van der Waals surface area contributed by atoms with Gasteiger partial charge in [-0.25, -0.2) is 8.78 Å². The van der Waals surface area contributed by atoms with E-state index in [1.165, 1.54) is 0 Å². The summed E-state index contributed by atoms with van der Waals surface area (Å²) in [6.07, 6.45) is 0.922. The number of aliphatic hydroxyl groups excluding tert-OH is 1. The molecule has 0 unspecified atom stereocenters. The number of hydrogen-bond donors (Lipinski definition) is 2. The first-order valence-corrected chi connectivity index (χ1v) is 11.2. The van der Waals surface area contributed by atoms with E-state index < -0.39 is 48.7 Å². The van der Waals surface area contributed by atoms with Crippen molar-refractivity contribution in [2.75, 3.05) is 6.54 Å². The number of amides is 1. The quantitative estimate of drug-likeness (QED) is 0.230. The number of carbonyl (C=O) groups is 2. The van der Waals surface area contributed by atoms with E-state index in [-0.39, 0.29) is 19.4 Å². The summed E-state index contributed by atoms with van der Waals surface area (Å²) >= 11 is 0. The fourth-order valence-corrected chi connectivity index (χ4v) is 3.87. The predicted octanol–water partition coefficient (Wildman–Crippen LogP) is 4.83. The molecule has 9 heteroatoms. The van der Waals surface area contributed by atoms with E-state index in [0.717, 1.165) is 22.6 Å². The number of unbranched alkanes of at least 4 members (excludes halogenated alkanes) is 3. The molecule has 2 atom stereocenters. The fraction of sp³-hybridized carbons (Fsp3) is 0.583.